The minimum atomic E-state index is -4.01. The first kappa shape index (κ1) is 22.6. The van der Waals surface area contributed by atoms with Crippen molar-refractivity contribution in [2.75, 3.05) is 14.2 Å². The van der Waals surface area contributed by atoms with Gasteiger partial charge in [0.15, 0.2) is 17.3 Å². The van der Waals surface area contributed by atoms with Crippen LogP contribution in [0.4, 0.5) is 0 Å². The number of benzene rings is 2. The second-order valence-corrected chi connectivity index (χ2v) is 8.35. The molecule has 0 unspecified atom stereocenters. The molecule has 2 rings (SSSR count). The molecule has 0 N–H and O–H groups in total. The van der Waals surface area contributed by atoms with Crippen LogP contribution in [0.15, 0.2) is 53.0 Å². The highest BCUT2D eigenvalue weighted by atomic mass is 32.2. The number of ether oxygens (including phenoxy) is 2. The predicted molar refractivity (Wildman–Crippen MR) is 116 cm³/mol. The van der Waals surface area contributed by atoms with Crippen LogP contribution >= 0.6 is 0 Å². The van der Waals surface area contributed by atoms with E-state index in [-0.39, 0.29) is 10.7 Å². The van der Waals surface area contributed by atoms with E-state index < -0.39 is 10.1 Å². The Morgan fingerprint density at radius 2 is 1.59 bits per heavy atom. The van der Waals surface area contributed by atoms with Crippen molar-refractivity contribution in [1.82, 2.24) is 0 Å². The van der Waals surface area contributed by atoms with Gasteiger partial charge in [-0.25, -0.2) is 0 Å². The van der Waals surface area contributed by atoms with Crippen molar-refractivity contribution in [2.24, 2.45) is 0 Å². The highest BCUT2D eigenvalue weighted by Gasteiger charge is 2.23. The first-order valence-corrected chi connectivity index (χ1v) is 10.6. The van der Waals surface area contributed by atoms with Crippen LogP contribution in [0, 0.1) is 20.8 Å². The summed E-state index contributed by atoms with van der Waals surface area (Å²) >= 11 is 0. The second kappa shape index (κ2) is 9.18. The van der Waals surface area contributed by atoms with Crippen LogP contribution in [0.5, 0.6) is 11.5 Å². The smallest absolute Gasteiger partial charge is 0.339 e. The van der Waals surface area contributed by atoms with Gasteiger partial charge in [0.1, 0.15) is 4.90 Å². The molecule has 5 nitrogen and oxygen atoms in total. The predicted octanol–water partition coefficient (Wildman–Crippen LogP) is 5.34. The van der Waals surface area contributed by atoms with Gasteiger partial charge in [0, 0.05) is 5.56 Å². The fraction of sp³-hybridized carbons (Fsp3) is 0.304. The zero-order chi connectivity index (χ0) is 21.8. The van der Waals surface area contributed by atoms with Gasteiger partial charge in [0.2, 0.25) is 0 Å². The Balaban J connectivity index is 2.66. The molecule has 0 aromatic heterocycles. The first-order valence-electron chi connectivity index (χ1n) is 9.23. The van der Waals surface area contributed by atoms with Crippen molar-refractivity contribution >= 4 is 15.9 Å². The normalized spacial score (nSPS) is 12.7. The van der Waals surface area contributed by atoms with Crippen LogP contribution in [-0.4, -0.2) is 22.6 Å². The third-order valence-electron chi connectivity index (χ3n) is 4.82. The van der Waals surface area contributed by atoms with E-state index >= 15 is 0 Å². The molecule has 0 atom stereocenters. The number of methoxy groups -OCH3 is 2. The number of allylic oxidation sites excluding steroid dienone is 3. The Morgan fingerprint density at radius 1 is 0.966 bits per heavy atom. The summed E-state index contributed by atoms with van der Waals surface area (Å²) in [5, 5.41) is 0. The maximum absolute atomic E-state index is 12.9. The van der Waals surface area contributed by atoms with Gasteiger partial charge in [-0.3, -0.25) is 0 Å². The lowest BCUT2D eigenvalue weighted by Crippen LogP contribution is -2.08. The van der Waals surface area contributed by atoms with Gasteiger partial charge in [-0.15, -0.1) is 0 Å². The molecule has 0 amide bonds. The molecule has 0 aliphatic carbocycles. The quantitative estimate of drug-likeness (QED) is 0.346. The SMILES string of the molecule is C/C=C(C)\C=C(\OS(=O)(=O)c1ccc(C)cc1)c1cc(OC)c(OC)c(C)c1C. The van der Waals surface area contributed by atoms with E-state index in [9.17, 15) is 8.42 Å². The molecule has 0 saturated heterocycles. The minimum Gasteiger partial charge on any atom is -0.493 e. The van der Waals surface area contributed by atoms with Crippen LogP contribution in [0.2, 0.25) is 0 Å². The van der Waals surface area contributed by atoms with Crippen molar-refractivity contribution in [2.45, 2.75) is 39.5 Å². The Morgan fingerprint density at radius 3 is 2.10 bits per heavy atom. The lowest BCUT2D eigenvalue weighted by molar-refractivity contribution is 0.352. The van der Waals surface area contributed by atoms with Crippen molar-refractivity contribution in [1.29, 1.82) is 0 Å². The van der Waals surface area contributed by atoms with Gasteiger partial charge in [0.05, 0.1) is 14.2 Å². The van der Waals surface area contributed by atoms with Crippen LogP contribution in [0.3, 0.4) is 0 Å². The van der Waals surface area contributed by atoms with E-state index in [1.165, 1.54) is 12.1 Å². The zero-order valence-electron chi connectivity index (χ0n) is 18.0. The van der Waals surface area contributed by atoms with Gasteiger partial charge in [-0.2, -0.15) is 8.42 Å². The van der Waals surface area contributed by atoms with E-state index in [1.54, 1.807) is 38.5 Å². The Kier molecular flexibility index (Phi) is 7.14. The molecule has 2 aromatic rings. The van der Waals surface area contributed by atoms with Gasteiger partial charge >= 0.3 is 10.1 Å². The molecule has 0 aliphatic heterocycles. The summed E-state index contributed by atoms with van der Waals surface area (Å²) in [6.45, 7) is 9.45. The molecule has 0 heterocycles. The molecule has 156 valence electrons. The highest BCUT2D eigenvalue weighted by Crippen LogP contribution is 2.39. The highest BCUT2D eigenvalue weighted by molar-refractivity contribution is 7.87. The van der Waals surface area contributed by atoms with E-state index in [1.807, 2.05) is 40.7 Å². The summed E-state index contributed by atoms with van der Waals surface area (Å²) in [6.07, 6.45) is 3.59. The largest absolute Gasteiger partial charge is 0.493 e. The summed E-state index contributed by atoms with van der Waals surface area (Å²) in [6, 6.07) is 8.29. The van der Waals surface area contributed by atoms with Crippen molar-refractivity contribution in [3.8, 4) is 11.5 Å². The van der Waals surface area contributed by atoms with Gasteiger partial charge in [-0.1, -0.05) is 29.3 Å². The average molecular weight is 417 g/mol. The van der Waals surface area contributed by atoms with Crippen molar-refractivity contribution < 1.29 is 22.1 Å². The molecule has 0 radical (unpaired) electrons. The topological polar surface area (TPSA) is 61.8 Å². The minimum absolute atomic E-state index is 0.0991. The summed E-state index contributed by atoms with van der Waals surface area (Å²) in [5.41, 5.74) is 4.15. The third-order valence-corrected chi connectivity index (χ3v) is 6.07. The lowest BCUT2D eigenvalue weighted by Gasteiger charge is -2.19. The molecule has 0 saturated carbocycles. The maximum Gasteiger partial charge on any atom is 0.339 e. The average Bonchev–Trinajstić information content (AvgIpc) is 2.69. The van der Waals surface area contributed by atoms with E-state index in [0.29, 0.717) is 17.1 Å². The van der Waals surface area contributed by atoms with Crippen LogP contribution in [-0.2, 0) is 14.3 Å². The summed E-state index contributed by atoms with van der Waals surface area (Å²) in [7, 11) is -0.896. The van der Waals surface area contributed by atoms with Crippen LogP contribution in [0.1, 0.15) is 36.1 Å². The van der Waals surface area contributed by atoms with Crippen LogP contribution < -0.4 is 9.47 Å². The molecule has 0 aliphatic rings. The van der Waals surface area contributed by atoms with Gasteiger partial charge < -0.3 is 13.7 Å². The molecule has 0 fully saturated rings. The van der Waals surface area contributed by atoms with Crippen LogP contribution in [0.25, 0.3) is 5.76 Å². The number of rotatable bonds is 7. The number of hydrogen-bond acceptors (Lipinski definition) is 5. The monoisotopic (exact) mass is 416 g/mol. The molecule has 0 bridgehead atoms. The molecule has 29 heavy (non-hydrogen) atoms. The molecular weight excluding hydrogens is 388 g/mol. The van der Waals surface area contributed by atoms with Gasteiger partial charge in [0.25, 0.3) is 0 Å². The fourth-order valence-electron chi connectivity index (χ4n) is 2.83. The van der Waals surface area contributed by atoms with Gasteiger partial charge in [-0.05, 0) is 70.0 Å². The van der Waals surface area contributed by atoms with E-state index in [2.05, 4.69) is 0 Å². The summed E-state index contributed by atoms with van der Waals surface area (Å²) < 4.78 is 42.4. The third kappa shape index (κ3) is 5.01. The van der Waals surface area contributed by atoms with E-state index in [4.69, 9.17) is 13.7 Å². The maximum atomic E-state index is 12.9. The Bertz CT molecular complexity index is 1050. The summed E-state index contributed by atoms with van der Waals surface area (Å²) in [4.78, 5) is 0.0991. The molecular formula is C23H28O5S. The van der Waals surface area contributed by atoms with Crippen molar-refractivity contribution in [3.63, 3.8) is 0 Å². The Labute approximate surface area is 173 Å². The molecule has 2 aromatic carbocycles. The molecule has 0 spiro atoms. The summed E-state index contributed by atoms with van der Waals surface area (Å²) in [5.74, 6) is 1.34. The van der Waals surface area contributed by atoms with Crippen molar-refractivity contribution in [3.05, 3.63) is 70.3 Å². The first-order chi connectivity index (χ1) is 13.6. The standard InChI is InChI=1S/C23H28O5S/c1-8-15(2)13-21(28-29(24,25)19-11-9-16(3)10-12-19)20-14-22(26-6)23(27-7)18(5)17(20)4/h8-14H,1-7H3/b15-8-,21-13+. The zero-order valence-corrected chi connectivity index (χ0v) is 18.8. The number of hydrogen-bond donors (Lipinski definition) is 0. The Hall–Kier alpha value is -2.73. The fourth-order valence-corrected chi connectivity index (χ4v) is 3.77. The number of aryl methyl sites for hydroxylation is 1. The second-order valence-electron chi connectivity index (χ2n) is 6.80. The lowest BCUT2D eigenvalue weighted by atomic mass is 9.99. The van der Waals surface area contributed by atoms with E-state index in [0.717, 1.165) is 22.3 Å². The molecule has 6 heteroatoms.